The Kier molecular flexibility index (Phi) is 7.01. The molecule has 2 unspecified atom stereocenters. The summed E-state index contributed by atoms with van der Waals surface area (Å²) in [7, 11) is 0. The fourth-order valence-electron chi connectivity index (χ4n) is 2.39. The summed E-state index contributed by atoms with van der Waals surface area (Å²) in [4.78, 5) is 2.51. The molecule has 2 atom stereocenters. The first-order valence-electron chi connectivity index (χ1n) is 6.84. The maximum atomic E-state index is 5.74. The molecule has 0 aromatic rings. The topological polar surface area (TPSA) is 38.5 Å². The lowest BCUT2D eigenvalue weighted by Gasteiger charge is -2.36. The number of nitrogens with two attached hydrogens (primary N) is 1. The smallest absolute Gasteiger partial charge is 0.0828 e. The average molecular weight is 228 g/mol. The number of ether oxygens (including phenoxy) is 1. The van der Waals surface area contributed by atoms with E-state index in [1.165, 1.54) is 38.6 Å². The standard InChI is InChI=1S/C13H28N2O/c1-3-4-5-6-7-8-15-10-12(2)16-13(9-14)11-15/h12-13H,3-11,14H2,1-2H3. The van der Waals surface area contributed by atoms with E-state index in [1.54, 1.807) is 0 Å². The number of morpholine rings is 1. The van der Waals surface area contributed by atoms with Crippen LogP contribution in [0.3, 0.4) is 0 Å². The van der Waals surface area contributed by atoms with Crippen LogP contribution in [0.25, 0.3) is 0 Å². The molecule has 2 N–H and O–H groups in total. The van der Waals surface area contributed by atoms with Crippen molar-refractivity contribution in [1.29, 1.82) is 0 Å². The summed E-state index contributed by atoms with van der Waals surface area (Å²) < 4.78 is 5.74. The summed E-state index contributed by atoms with van der Waals surface area (Å²) in [5.41, 5.74) is 5.67. The van der Waals surface area contributed by atoms with Crippen LogP contribution in [0.4, 0.5) is 0 Å². The zero-order valence-electron chi connectivity index (χ0n) is 11.0. The fraction of sp³-hybridized carbons (Fsp3) is 1.00. The Labute approximate surface area is 100 Å². The van der Waals surface area contributed by atoms with Gasteiger partial charge in [0.1, 0.15) is 0 Å². The molecule has 0 amide bonds. The molecule has 0 bridgehead atoms. The zero-order valence-corrected chi connectivity index (χ0v) is 11.0. The Morgan fingerprint density at radius 2 is 1.94 bits per heavy atom. The molecular formula is C13H28N2O. The van der Waals surface area contributed by atoms with Crippen LogP contribution in [0.2, 0.25) is 0 Å². The van der Waals surface area contributed by atoms with Crippen molar-refractivity contribution < 1.29 is 4.74 Å². The first-order valence-corrected chi connectivity index (χ1v) is 6.84. The van der Waals surface area contributed by atoms with Crippen LogP contribution in [-0.2, 0) is 4.74 Å². The van der Waals surface area contributed by atoms with Gasteiger partial charge in [-0.05, 0) is 19.9 Å². The molecule has 96 valence electrons. The predicted molar refractivity (Wildman–Crippen MR) is 68.6 cm³/mol. The third-order valence-corrected chi connectivity index (χ3v) is 3.24. The van der Waals surface area contributed by atoms with E-state index in [-0.39, 0.29) is 6.10 Å². The molecule has 0 spiro atoms. The first-order chi connectivity index (χ1) is 7.76. The lowest BCUT2D eigenvalue weighted by molar-refractivity contribution is -0.0722. The van der Waals surface area contributed by atoms with Gasteiger partial charge in [-0.3, -0.25) is 4.90 Å². The van der Waals surface area contributed by atoms with Crippen LogP contribution < -0.4 is 5.73 Å². The van der Waals surface area contributed by atoms with Crippen LogP contribution in [0.15, 0.2) is 0 Å². The molecule has 0 aromatic heterocycles. The highest BCUT2D eigenvalue weighted by Crippen LogP contribution is 2.12. The molecule has 16 heavy (non-hydrogen) atoms. The SMILES string of the molecule is CCCCCCCN1CC(C)OC(CN)C1. The van der Waals surface area contributed by atoms with E-state index in [4.69, 9.17) is 10.5 Å². The van der Waals surface area contributed by atoms with E-state index in [2.05, 4.69) is 18.7 Å². The molecule has 1 aliphatic rings. The second-order valence-corrected chi connectivity index (χ2v) is 4.98. The Balaban J connectivity index is 2.10. The van der Waals surface area contributed by atoms with Crippen LogP contribution in [0.1, 0.15) is 46.0 Å². The quantitative estimate of drug-likeness (QED) is 0.677. The van der Waals surface area contributed by atoms with Gasteiger partial charge in [0.05, 0.1) is 12.2 Å². The minimum absolute atomic E-state index is 0.249. The zero-order chi connectivity index (χ0) is 11.8. The van der Waals surface area contributed by atoms with Gasteiger partial charge in [0, 0.05) is 19.6 Å². The van der Waals surface area contributed by atoms with E-state index in [0.717, 1.165) is 13.1 Å². The summed E-state index contributed by atoms with van der Waals surface area (Å²) in [5, 5.41) is 0. The molecule has 0 radical (unpaired) electrons. The van der Waals surface area contributed by atoms with Crippen LogP contribution in [0, 0.1) is 0 Å². The number of hydrogen-bond donors (Lipinski definition) is 1. The van der Waals surface area contributed by atoms with E-state index in [0.29, 0.717) is 12.6 Å². The first kappa shape index (κ1) is 13.9. The Morgan fingerprint density at radius 1 is 1.19 bits per heavy atom. The van der Waals surface area contributed by atoms with E-state index < -0.39 is 0 Å². The van der Waals surface area contributed by atoms with Crippen LogP contribution >= 0.6 is 0 Å². The van der Waals surface area contributed by atoms with Crippen molar-refractivity contribution in [3.63, 3.8) is 0 Å². The van der Waals surface area contributed by atoms with Gasteiger partial charge in [0.15, 0.2) is 0 Å². The summed E-state index contributed by atoms with van der Waals surface area (Å²) in [6, 6.07) is 0. The Morgan fingerprint density at radius 3 is 2.62 bits per heavy atom. The number of hydrogen-bond acceptors (Lipinski definition) is 3. The van der Waals surface area contributed by atoms with Crippen molar-refractivity contribution in [3.05, 3.63) is 0 Å². The molecular weight excluding hydrogens is 200 g/mol. The highest BCUT2D eigenvalue weighted by Gasteiger charge is 2.23. The number of rotatable bonds is 7. The van der Waals surface area contributed by atoms with Crippen molar-refractivity contribution >= 4 is 0 Å². The lowest BCUT2D eigenvalue weighted by atomic mass is 10.1. The maximum Gasteiger partial charge on any atom is 0.0828 e. The predicted octanol–water partition coefficient (Wildman–Crippen LogP) is 2.00. The van der Waals surface area contributed by atoms with Crippen molar-refractivity contribution in [2.24, 2.45) is 5.73 Å². The van der Waals surface area contributed by atoms with E-state index >= 15 is 0 Å². The molecule has 3 heteroatoms. The normalized spacial score (nSPS) is 27.2. The van der Waals surface area contributed by atoms with Gasteiger partial charge in [0.2, 0.25) is 0 Å². The largest absolute Gasteiger partial charge is 0.371 e. The maximum absolute atomic E-state index is 5.74. The van der Waals surface area contributed by atoms with Gasteiger partial charge in [-0.15, -0.1) is 0 Å². The molecule has 3 nitrogen and oxygen atoms in total. The van der Waals surface area contributed by atoms with Crippen molar-refractivity contribution in [3.8, 4) is 0 Å². The van der Waals surface area contributed by atoms with Gasteiger partial charge < -0.3 is 10.5 Å². The molecule has 1 saturated heterocycles. The molecule has 1 rings (SSSR count). The summed E-state index contributed by atoms with van der Waals surface area (Å²) in [6.45, 7) is 8.37. The van der Waals surface area contributed by atoms with Gasteiger partial charge in [-0.25, -0.2) is 0 Å². The Bertz CT molecular complexity index is 175. The minimum atomic E-state index is 0.249. The van der Waals surface area contributed by atoms with E-state index in [1.807, 2.05) is 0 Å². The third-order valence-electron chi connectivity index (χ3n) is 3.24. The Hall–Kier alpha value is -0.120. The number of nitrogens with zero attached hydrogens (tertiary/aromatic N) is 1. The summed E-state index contributed by atoms with van der Waals surface area (Å²) >= 11 is 0. The number of unbranched alkanes of at least 4 members (excludes halogenated alkanes) is 4. The summed E-state index contributed by atoms with van der Waals surface area (Å²) in [5.74, 6) is 0. The molecule has 0 aromatic carbocycles. The van der Waals surface area contributed by atoms with Crippen LogP contribution in [0.5, 0.6) is 0 Å². The van der Waals surface area contributed by atoms with Gasteiger partial charge in [-0.1, -0.05) is 32.6 Å². The molecule has 1 heterocycles. The van der Waals surface area contributed by atoms with Crippen LogP contribution in [-0.4, -0.2) is 43.3 Å². The molecule has 0 aliphatic carbocycles. The van der Waals surface area contributed by atoms with Gasteiger partial charge in [-0.2, -0.15) is 0 Å². The van der Waals surface area contributed by atoms with Gasteiger partial charge >= 0.3 is 0 Å². The monoisotopic (exact) mass is 228 g/mol. The fourth-order valence-corrected chi connectivity index (χ4v) is 2.39. The second-order valence-electron chi connectivity index (χ2n) is 4.98. The summed E-state index contributed by atoms with van der Waals surface area (Å²) in [6.07, 6.45) is 7.37. The molecule has 1 aliphatic heterocycles. The van der Waals surface area contributed by atoms with Crippen molar-refractivity contribution in [2.75, 3.05) is 26.2 Å². The minimum Gasteiger partial charge on any atom is -0.371 e. The van der Waals surface area contributed by atoms with Crippen molar-refractivity contribution in [2.45, 2.75) is 58.2 Å². The highest BCUT2D eigenvalue weighted by molar-refractivity contribution is 4.76. The molecule has 0 saturated carbocycles. The highest BCUT2D eigenvalue weighted by atomic mass is 16.5. The van der Waals surface area contributed by atoms with E-state index in [9.17, 15) is 0 Å². The lowest BCUT2D eigenvalue weighted by Crippen LogP contribution is -2.49. The van der Waals surface area contributed by atoms with Crippen molar-refractivity contribution in [1.82, 2.24) is 4.90 Å². The van der Waals surface area contributed by atoms with Gasteiger partial charge in [0.25, 0.3) is 0 Å². The average Bonchev–Trinajstić information content (AvgIpc) is 2.28. The molecule has 1 fully saturated rings. The second kappa shape index (κ2) is 8.04. The third kappa shape index (κ3) is 5.28.